The van der Waals surface area contributed by atoms with Gasteiger partial charge in [-0.25, -0.2) is 9.18 Å². The lowest BCUT2D eigenvalue weighted by atomic mass is 10.1. The predicted molar refractivity (Wildman–Crippen MR) is 135 cm³/mol. The van der Waals surface area contributed by atoms with Gasteiger partial charge < -0.3 is 14.8 Å². The summed E-state index contributed by atoms with van der Waals surface area (Å²) < 4.78 is 25.8. The zero-order valence-electron chi connectivity index (χ0n) is 18.4. The van der Waals surface area contributed by atoms with Crippen LogP contribution in [-0.4, -0.2) is 23.4 Å². The Balaban J connectivity index is 1.55. The minimum absolute atomic E-state index is 0.0519. The molecular weight excluding hydrogens is 550 g/mol. The van der Waals surface area contributed by atoms with Crippen LogP contribution in [0, 0.1) is 9.39 Å². The summed E-state index contributed by atoms with van der Waals surface area (Å²) in [6, 6.07) is 18.6. The second-order valence-corrected chi connectivity index (χ2v) is 8.71. The molecule has 0 aliphatic carbocycles. The molecule has 1 fully saturated rings. The Morgan fingerprint density at radius 3 is 2.44 bits per heavy atom. The molecule has 0 aromatic heterocycles. The van der Waals surface area contributed by atoms with Crippen molar-refractivity contribution in [3.05, 3.63) is 98.5 Å². The molecule has 1 heterocycles. The van der Waals surface area contributed by atoms with Crippen LogP contribution in [0.5, 0.6) is 11.5 Å². The van der Waals surface area contributed by atoms with Crippen LogP contribution in [0.1, 0.15) is 23.6 Å². The number of rotatable bonds is 8. The predicted octanol–water partition coefficient (Wildman–Crippen LogP) is 5.50. The fourth-order valence-corrected chi connectivity index (χ4v) is 4.24. The minimum Gasteiger partial charge on any atom is -0.490 e. The Kier molecular flexibility index (Phi) is 7.46. The van der Waals surface area contributed by atoms with Crippen molar-refractivity contribution in [3.8, 4) is 11.5 Å². The summed E-state index contributed by atoms with van der Waals surface area (Å²) in [6.07, 6.45) is 1.61. The Labute approximate surface area is 210 Å². The van der Waals surface area contributed by atoms with Crippen LogP contribution < -0.4 is 14.8 Å². The van der Waals surface area contributed by atoms with E-state index in [1.165, 1.54) is 12.1 Å². The van der Waals surface area contributed by atoms with Crippen LogP contribution in [-0.2, 0) is 17.9 Å². The molecule has 1 aliphatic rings. The molecular formula is C26H22FIN2O4. The molecule has 6 nitrogen and oxygen atoms in total. The Morgan fingerprint density at radius 2 is 1.74 bits per heavy atom. The normalized spacial score (nSPS) is 14.4. The maximum Gasteiger partial charge on any atom is 0.329 e. The molecule has 8 heteroatoms. The summed E-state index contributed by atoms with van der Waals surface area (Å²) in [5.74, 6) is 0.342. The van der Waals surface area contributed by atoms with E-state index in [0.717, 1.165) is 14.0 Å². The number of amides is 3. The van der Waals surface area contributed by atoms with E-state index >= 15 is 0 Å². The van der Waals surface area contributed by atoms with Gasteiger partial charge in [0, 0.05) is 0 Å². The molecule has 3 amide bonds. The van der Waals surface area contributed by atoms with Crippen molar-refractivity contribution in [3.63, 3.8) is 0 Å². The van der Waals surface area contributed by atoms with Crippen molar-refractivity contribution in [1.82, 2.24) is 10.2 Å². The molecule has 174 valence electrons. The number of carbonyl (C=O) groups is 2. The fraction of sp³-hybridized carbons (Fsp3) is 0.154. The number of imide groups is 1. The lowest BCUT2D eigenvalue weighted by molar-refractivity contribution is -0.123. The summed E-state index contributed by atoms with van der Waals surface area (Å²) in [6.45, 7) is 2.77. The number of ether oxygens (including phenoxy) is 2. The first-order valence-corrected chi connectivity index (χ1v) is 11.7. The van der Waals surface area contributed by atoms with Gasteiger partial charge in [-0.15, -0.1) is 0 Å². The van der Waals surface area contributed by atoms with E-state index in [4.69, 9.17) is 9.47 Å². The standard InChI is InChI=1S/C26H22FIN2O4/c1-2-33-23-14-19(12-21(28)24(23)34-16-18-6-4-3-5-7-18)13-22-25(31)30(26(32)29-22)15-17-8-10-20(27)11-9-17/h3-14H,2,15-16H2,1H3,(H,29,32)/b22-13+. The number of hydrogen-bond acceptors (Lipinski definition) is 4. The number of benzene rings is 3. The van der Waals surface area contributed by atoms with Crippen molar-refractivity contribution in [1.29, 1.82) is 0 Å². The maximum absolute atomic E-state index is 13.2. The van der Waals surface area contributed by atoms with Crippen LogP contribution in [0.25, 0.3) is 6.08 Å². The quantitative estimate of drug-likeness (QED) is 0.220. The zero-order chi connectivity index (χ0) is 24.1. The van der Waals surface area contributed by atoms with Gasteiger partial charge in [-0.05, 0) is 76.5 Å². The van der Waals surface area contributed by atoms with Crippen LogP contribution in [0.4, 0.5) is 9.18 Å². The van der Waals surface area contributed by atoms with Crippen molar-refractivity contribution >= 4 is 40.6 Å². The molecule has 1 N–H and O–H groups in total. The largest absolute Gasteiger partial charge is 0.490 e. The van der Waals surface area contributed by atoms with E-state index in [0.29, 0.717) is 35.8 Å². The minimum atomic E-state index is -0.525. The third kappa shape index (κ3) is 5.56. The lowest BCUT2D eigenvalue weighted by Gasteiger charge is -2.15. The Hall–Kier alpha value is -3.40. The smallest absolute Gasteiger partial charge is 0.329 e. The number of halogens is 2. The molecule has 0 spiro atoms. The third-order valence-corrected chi connectivity index (χ3v) is 5.89. The summed E-state index contributed by atoms with van der Waals surface area (Å²) in [4.78, 5) is 26.3. The zero-order valence-corrected chi connectivity index (χ0v) is 20.5. The van der Waals surface area contributed by atoms with E-state index in [1.807, 2.05) is 43.3 Å². The highest BCUT2D eigenvalue weighted by atomic mass is 127. The first-order valence-electron chi connectivity index (χ1n) is 10.7. The molecule has 1 aliphatic heterocycles. The van der Waals surface area contributed by atoms with Gasteiger partial charge in [-0.3, -0.25) is 9.69 Å². The second-order valence-electron chi connectivity index (χ2n) is 7.54. The Bertz CT molecular complexity index is 1230. The van der Waals surface area contributed by atoms with Gasteiger partial charge in [0.2, 0.25) is 0 Å². The van der Waals surface area contributed by atoms with Gasteiger partial charge in [-0.1, -0.05) is 42.5 Å². The molecule has 1 saturated heterocycles. The van der Waals surface area contributed by atoms with Crippen molar-refractivity contribution in [2.45, 2.75) is 20.1 Å². The lowest BCUT2D eigenvalue weighted by Crippen LogP contribution is -2.30. The number of nitrogens with zero attached hydrogens (tertiary/aromatic N) is 1. The topological polar surface area (TPSA) is 67.9 Å². The highest BCUT2D eigenvalue weighted by molar-refractivity contribution is 14.1. The summed E-state index contributed by atoms with van der Waals surface area (Å²) in [7, 11) is 0. The SMILES string of the molecule is CCOc1cc(/C=C2/NC(=O)N(Cc3ccc(F)cc3)C2=O)cc(I)c1OCc1ccccc1. The molecule has 0 saturated carbocycles. The van der Waals surface area contributed by atoms with Gasteiger partial charge in [0.25, 0.3) is 5.91 Å². The molecule has 3 aromatic rings. The van der Waals surface area contributed by atoms with Crippen LogP contribution in [0.2, 0.25) is 0 Å². The first kappa shape index (κ1) is 23.7. The first-order chi connectivity index (χ1) is 16.4. The summed E-state index contributed by atoms with van der Waals surface area (Å²) in [5, 5.41) is 2.62. The van der Waals surface area contributed by atoms with Gasteiger partial charge >= 0.3 is 6.03 Å². The van der Waals surface area contributed by atoms with Gasteiger partial charge in [0.15, 0.2) is 11.5 Å². The average molecular weight is 572 g/mol. The second kappa shape index (κ2) is 10.7. The van der Waals surface area contributed by atoms with E-state index < -0.39 is 11.9 Å². The molecule has 0 atom stereocenters. The average Bonchev–Trinajstić information content (AvgIpc) is 3.08. The monoisotopic (exact) mass is 572 g/mol. The van der Waals surface area contributed by atoms with Crippen molar-refractivity contribution in [2.75, 3.05) is 6.61 Å². The molecule has 4 rings (SSSR count). The number of hydrogen-bond donors (Lipinski definition) is 1. The summed E-state index contributed by atoms with van der Waals surface area (Å²) in [5.41, 5.74) is 2.53. The fourth-order valence-electron chi connectivity index (χ4n) is 3.46. The number of urea groups is 1. The van der Waals surface area contributed by atoms with E-state index in [1.54, 1.807) is 24.3 Å². The third-order valence-electron chi connectivity index (χ3n) is 5.08. The highest BCUT2D eigenvalue weighted by Crippen LogP contribution is 2.35. The maximum atomic E-state index is 13.2. The number of carbonyl (C=O) groups excluding carboxylic acids is 2. The van der Waals surface area contributed by atoms with E-state index in [9.17, 15) is 14.0 Å². The van der Waals surface area contributed by atoms with Crippen LogP contribution in [0.3, 0.4) is 0 Å². The Morgan fingerprint density at radius 1 is 1.00 bits per heavy atom. The van der Waals surface area contributed by atoms with Crippen molar-refractivity contribution in [2.24, 2.45) is 0 Å². The van der Waals surface area contributed by atoms with E-state index in [2.05, 4.69) is 27.9 Å². The van der Waals surface area contributed by atoms with E-state index in [-0.39, 0.29) is 18.1 Å². The molecule has 0 bridgehead atoms. The molecule has 34 heavy (non-hydrogen) atoms. The molecule has 0 radical (unpaired) electrons. The highest BCUT2D eigenvalue weighted by Gasteiger charge is 2.33. The van der Waals surface area contributed by atoms with Gasteiger partial charge in [-0.2, -0.15) is 0 Å². The molecule has 3 aromatic carbocycles. The van der Waals surface area contributed by atoms with Gasteiger partial charge in [0.05, 0.1) is 16.7 Å². The van der Waals surface area contributed by atoms with Crippen molar-refractivity contribution < 1.29 is 23.5 Å². The molecule has 0 unspecified atom stereocenters. The summed E-state index contributed by atoms with van der Waals surface area (Å²) >= 11 is 2.16. The van der Waals surface area contributed by atoms with Crippen LogP contribution >= 0.6 is 22.6 Å². The van der Waals surface area contributed by atoms with Crippen LogP contribution in [0.15, 0.2) is 72.4 Å². The number of nitrogens with one attached hydrogen (secondary N) is 1. The van der Waals surface area contributed by atoms with Gasteiger partial charge in [0.1, 0.15) is 18.1 Å².